The van der Waals surface area contributed by atoms with Crippen molar-refractivity contribution in [2.45, 2.75) is 26.9 Å². The molecule has 0 aliphatic carbocycles. The van der Waals surface area contributed by atoms with E-state index < -0.39 is 11.9 Å². The van der Waals surface area contributed by atoms with Crippen LogP contribution in [0.2, 0.25) is 0 Å². The minimum absolute atomic E-state index is 0.213. The normalized spacial score (nSPS) is 12.5. The van der Waals surface area contributed by atoms with Gasteiger partial charge in [0.2, 0.25) is 0 Å². The first-order chi connectivity index (χ1) is 8.90. The Morgan fingerprint density at radius 2 is 1.53 bits per heavy atom. The van der Waals surface area contributed by atoms with Gasteiger partial charge in [-0.15, -0.1) is 0 Å². The van der Waals surface area contributed by atoms with Gasteiger partial charge in [0, 0.05) is 5.56 Å². The molecule has 100 valence electrons. The maximum Gasteiger partial charge on any atom is 0.129 e. The molecule has 0 bridgehead atoms. The highest BCUT2D eigenvalue weighted by Gasteiger charge is 2.17. The summed E-state index contributed by atoms with van der Waals surface area (Å²) in [5.41, 5.74) is 2.47. The number of hydrogen-bond donors (Lipinski definition) is 1. The highest BCUT2D eigenvalue weighted by molar-refractivity contribution is 5.38. The number of rotatable bonds is 2. The Labute approximate surface area is 111 Å². The fourth-order valence-corrected chi connectivity index (χ4v) is 2.19. The van der Waals surface area contributed by atoms with Crippen LogP contribution in [0.1, 0.15) is 33.9 Å². The smallest absolute Gasteiger partial charge is 0.129 e. The molecule has 2 aromatic rings. The van der Waals surface area contributed by atoms with Crippen LogP contribution in [0.5, 0.6) is 0 Å². The molecule has 0 aromatic heterocycles. The van der Waals surface area contributed by atoms with Crippen molar-refractivity contribution in [3.63, 3.8) is 0 Å². The first-order valence-electron chi connectivity index (χ1n) is 6.11. The lowest BCUT2D eigenvalue weighted by Crippen LogP contribution is -2.05. The van der Waals surface area contributed by atoms with Gasteiger partial charge in [-0.05, 0) is 43.5 Å². The third-order valence-corrected chi connectivity index (χ3v) is 3.22. The second kappa shape index (κ2) is 5.10. The van der Waals surface area contributed by atoms with Crippen LogP contribution in [0.4, 0.5) is 8.78 Å². The molecule has 1 atom stereocenters. The average Bonchev–Trinajstić information content (AvgIpc) is 2.37. The lowest BCUT2D eigenvalue weighted by molar-refractivity contribution is 0.214. The molecule has 0 amide bonds. The topological polar surface area (TPSA) is 20.2 Å². The molecule has 0 radical (unpaired) electrons. The Morgan fingerprint density at radius 3 is 2.11 bits per heavy atom. The number of hydrogen-bond acceptors (Lipinski definition) is 1. The van der Waals surface area contributed by atoms with Crippen molar-refractivity contribution < 1.29 is 13.9 Å². The summed E-state index contributed by atoms with van der Waals surface area (Å²) in [4.78, 5) is 0. The van der Waals surface area contributed by atoms with E-state index in [1.165, 1.54) is 6.07 Å². The van der Waals surface area contributed by atoms with Crippen molar-refractivity contribution in [3.05, 3.63) is 69.8 Å². The van der Waals surface area contributed by atoms with E-state index in [-0.39, 0.29) is 11.4 Å². The quantitative estimate of drug-likeness (QED) is 0.868. The van der Waals surface area contributed by atoms with E-state index in [2.05, 4.69) is 0 Å². The Balaban J connectivity index is 2.49. The van der Waals surface area contributed by atoms with Gasteiger partial charge >= 0.3 is 0 Å². The molecule has 0 aliphatic rings. The molecule has 0 saturated heterocycles. The summed E-state index contributed by atoms with van der Waals surface area (Å²) in [6, 6.07) is 7.68. The van der Waals surface area contributed by atoms with Crippen LogP contribution >= 0.6 is 0 Å². The van der Waals surface area contributed by atoms with Crippen molar-refractivity contribution in [1.29, 1.82) is 0 Å². The van der Waals surface area contributed by atoms with Gasteiger partial charge in [0.1, 0.15) is 17.7 Å². The maximum absolute atomic E-state index is 13.8. The van der Waals surface area contributed by atoms with Crippen molar-refractivity contribution >= 4 is 0 Å². The second-order valence-electron chi connectivity index (χ2n) is 4.90. The zero-order valence-electron chi connectivity index (χ0n) is 11.2. The van der Waals surface area contributed by atoms with E-state index in [9.17, 15) is 13.9 Å². The summed E-state index contributed by atoms with van der Waals surface area (Å²) in [7, 11) is 0. The largest absolute Gasteiger partial charge is 0.384 e. The van der Waals surface area contributed by atoms with Crippen LogP contribution in [0.3, 0.4) is 0 Å². The van der Waals surface area contributed by atoms with E-state index in [1.54, 1.807) is 38.1 Å². The predicted molar refractivity (Wildman–Crippen MR) is 71.1 cm³/mol. The maximum atomic E-state index is 13.8. The minimum atomic E-state index is -1.09. The van der Waals surface area contributed by atoms with Gasteiger partial charge in [-0.25, -0.2) is 8.78 Å². The van der Waals surface area contributed by atoms with Crippen LogP contribution < -0.4 is 0 Å². The molecule has 0 aliphatic heterocycles. The monoisotopic (exact) mass is 262 g/mol. The minimum Gasteiger partial charge on any atom is -0.384 e. The highest BCUT2D eigenvalue weighted by atomic mass is 19.1. The van der Waals surface area contributed by atoms with Crippen molar-refractivity contribution in [3.8, 4) is 0 Å². The fraction of sp³-hybridized carbons (Fsp3) is 0.250. The Bertz CT molecular complexity index is 597. The molecule has 0 fully saturated rings. The molecule has 0 saturated carbocycles. The summed E-state index contributed by atoms with van der Waals surface area (Å²) in [5.74, 6) is -0.751. The summed E-state index contributed by atoms with van der Waals surface area (Å²) in [6.45, 7) is 5.09. The van der Waals surface area contributed by atoms with Gasteiger partial charge in [-0.3, -0.25) is 0 Å². The molecule has 3 heteroatoms. The Kier molecular flexibility index (Phi) is 3.67. The van der Waals surface area contributed by atoms with Crippen LogP contribution in [-0.2, 0) is 0 Å². The van der Waals surface area contributed by atoms with Crippen molar-refractivity contribution in [1.82, 2.24) is 0 Å². The second-order valence-corrected chi connectivity index (χ2v) is 4.90. The van der Waals surface area contributed by atoms with Crippen LogP contribution in [0.15, 0.2) is 30.3 Å². The van der Waals surface area contributed by atoms with E-state index in [4.69, 9.17) is 0 Å². The molecule has 19 heavy (non-hydrogen) atoms. The SMILES string of the molecule is Cc1ccc(F)c(C(O)c2cc(C)c(F)c(C)c2)c1. The molecule has 0 spiro atoms. The fourth-order valence-electron chi connectivity index (χ4n) is 2.19. The van der Waals surface area contributed by atoms with Crippen LogP contribution in [0, 0.1) is 32.4 Å². The third kappa shape index (κ3) is 2.66. The van der Waals surface area contributed by atoms with Gasteiger partial charge in [-0.2, -0.15) is 0 Å². The summed E-state index contributed by atoms with van der Waals surface area (Å²) >= 11 is 0. The average molecular weight is 262 g/mol. The standard InChI is InChI=1S/C16H16F2O/c1-9-4-5-14(17)13(6-9)16(19)12-7-10(2)15(18)11(3)8-12/h4-8,16,19H,1-3H3. The highest BCUT2D eigenvalue weighted by Crippen LogP contribution is 2.27. The van der Waals surface area contributed by atoms with Crippen LogP contribution in [0.25, 0.3) is 0 Å². The van der Waals surface area contributed by atoms with Crippen molar-refractivity contribution in [2.75, 3.05) is 0 Å². The summed E-state index contributed by atoms with van der Waals surface area (Å²) < 4.78 is 27.3. The van der Waals surface area contributed by atoms with Crippen molar-refractivity contribution in [2.24, 2.45) is 0 Å². The van der Waals surface area contributed by atoms with E-state index in [0.29, 0.717) is 16.7 Å². The summed E-state index contributed by atoms with van der Waals surface area (Å²) in [6.07, 6.45) is -1.09. The number of halogens is 2. The number of aryl methyl sites for hydroxylation is 3. The van der Waals surface area contributed by atoms with Gasteiger partial charge in [-0.1, -0.05) is 29.8 Å². The molecular formula is C16H16F2O. The molecule has 1 unspecified atom stereocenters. The third-order valence-electron chi connectivity index (χ3n) is 3.22. The molecule has 2 aromatic carbocycles. The predicted octanol–water partition coefficient (Wildman–Crippen LogP) is 3.97. The zero-order valence-corrected chi connectivity index (χ0v) is 11.2. The Hall–Kier alpha value is -1.74. The molecule has 2 rings (SSSR count). The lowest BCUT2D eigenvalue weighted by atomic mass is 9.96. The van der Waals surface area contributed by atoms with Gasteiger partial charge in [0.25, 0.3) is 0 Å². The van der Waals surface area contributed by atoms with Gasteiger partial charge < -0.3 is 5.11 Å². The lowest BCUT2D eigenvalue weighted by Gasteiger charge is -2.15. The molecule has 0 heterocycles. The van der Waals surface area contributed by atoms with Gasteiger partial charge in [0.15, 0.2) is 0 Å². The van der Waals surface area contributed by atoms with E-state index in [1.807, 2.05) is 6.92 Å². The van der Waals surface area contributed by atoms with E-state index >= 15 is 0 Å². The van der Waals surface area contributed by atoms with Crippen LogP contribution in [-0.4, -0.2) is 5.11 Å². The first-order valence-corrected chi connectivity index (χ1v) is 6.11. The van der Waals surface area contributed by atoms with Gasteiger partial charge in [0.05, 0.1) is 0 Å². The first kappa shape index (κ1) is 13.7. The Morgan fingerprint density at radius 1 is 0.947 bits per heavy atom. The molecule has 1 N–H and O–H groups in total. The summed E-state index contributed by atoms with van der Waals surface area (Å²) in [5, 5.41) is 10.3. The van der Waals surface area contributed by atoms with E-state index in [0.717, 1.165) is 5.56 Å². The number of aliphatic hydroxyl groups excluding tert-OH is 1. The zero-order chi connectivity index (χ0) is 14.2. The number of aliphatic hydroxyl groups is 1. The molecular weight excluding hydrogens is 246 g/mol. The molecule has 1 nitrogen and oxygen atoms in total. The number of benzene rings is 2.